The smallest absolute Gasteiger partial charge is 0.186 e. The molecule has 27 heavy (non-hydrogen) atoms. The van der Waals surface area contributed by atoms with Crippen molar-refractivity contribution in [2.45, 2.75) is 61.4 Å². The molecule has 2 rings (SSSR count). The van der Waals surface area contributed by atoms with Gasteiger partial charge in [-0.05, 0) is 0 Å². The predicted molar refractivity (Wildman–Crippen MR) is 86.0 cm³/mol. The van der Waals surface area contributed by atoms with E-state index in [1.54, 1.807) is 0 Å². The lowest BCUT2D eigenvalue weighted by Gasteiger charge is -2.41. The third-order valence-electron chi connectivity index (χ3n) is 4.64. The largest absolute Gasteiger partial charge is 0.388 e. The summed E-state index contributed by atoms with van der Waals surface area (Å²) in [6, 6.07) is 0. The number of hydrogen-bond acceptors (Lipinski definition) is 12. The van der Waals surface area contributed by atoms with E-state index >= 15 is 0 Å². The minimum Gasteiger partial charge on any atom is -0.388 e. The lowest BCUT2D eigenvalue weighted by molar-refractivity contribution is -0.286. The first kappa shape index (κ1) is 22.8. The molecular formula is C14H26O12S. The quantitative estimate of drug-likeness (QED) is 0.242. The Balaban J connectivity index is 2.07. The van der Waals surface area contributed by atoms with Gasteiger partial charge in [0.25, 0.3) is 0 Å². The third-order valence-corrected chi connectivity index (χ3v) is 6.31. The summed E-state index contributed by atoms with van der Waals surface area (Å²) in [7, 11) is -1.71. The summed E-state index contributed by atoms with van der Waals surface area (Å²) >= 11 is 0. The van der Waals surface area contributed by atoms with Crippen LogP contribution in [0.4, 0.5) is 0 Å². The van der Waals surface area contributed by atoms with Crippen LogP contribution < -0.4 is 0 Å². The molecule has 2 aliphatic rings. The minimum atomic E-state index is -4.06. The van der Waals surface area contributed by atoms with Gasteiger partial charge < -0.3 is 49.6 Å². The van der Waals surface area contributed by atoms with Gasteiger partial charge in [0.2, 0.25) is 0 Å². The van der Waals surface area contributed by atoms with Crippen LogP contribution in [0.5, 0.6) is 0 Å². The minimum absolute atomic E-state index is 0.777. The maximum Gasteiger partial charge on any atom is 0.186 e. The molecule has 12 nitrogen and oxygen atoms in total. The molecule has 0 aromatic heterocycles. The molecule has 0 unspecified atom stereocenters. The standard InChI is InChI=1S/C14H26O12S/c1-23-13-11(19)9(17)7(15)5(25-13)3-27(21,22)4-6-8(16)10(18)12(20)14(24-2)26-6/h5-20H,3-4H2,1-2H3/t5-,6-,7-,8-,9+,10+,11-,12-,13+,14+/m1/s1. The van der Waals surface area contributed by atoms with E-state index in [0.717, 1.165) is 0 Å². The van der Waals surface area contributed by atoms with Gasteiger partial charge in [-0.15, -0.1) is 0 Å². The Bertz CT molecular complexity index is 537. The van der Waals surface area contributed by atoms with Crippen LogP contribution in [-0.2, 0) is 28.8 Å². The van der Waals surface area contributed by atoms with Crippen molar-refractivity contribution >= 4 is 9.84 Å². The van der Waals surface area contributed by atoms with Crippen LogP contribution in [0, 0.1) is 0 Å². The highest BCUT2D eigenvalue weighted by Crippen LogP contribution is 2.26. The zero-order valence-electron chi connectivity index (χ0n) is 14.7. The van der Waals surface area contributed by atoms with Crippen LogP contribution in [-0.4, -0.2) is 126 Å². The second-order valence-electron chi connectivity index (χ2n) is 6.58. The number of sulfone groups is 1. The van der Waals surface area contributed by atoms with Crippen molar-refractivity contribution in [3.8, 4) is 0 Å². The average molecular weight is 418 g/mol. The molecule has 160 valence electrons. The zero-order chi connectivity index (χ0) is 20.5. The van der Waals surface area contributed by atoms with Crippen LogP contribution in [0.1, 0.15) is 0 Å². The van der Waals surface area contributed by atoms with Gasteiger partial charge >= 0.3 is 0 Å². The fourth-order valence-corrected chi connectivity index (χ4v) is 4.76. The van der Waals surface area contributed by atoms with Gasteiger partial charge in [0.05, 0.1) is 11.5 Å². The molecule has 0 aliphatic carbocycles. The van der Waals surface area contributed by atoms with Crippen molar-refractivity contribution in [2.75, 3.05) is 25.7 Å². The van der Waals surface area contributed by atoms with Crippen molar-refractivity contribution in [1.29, 1.82) is 0 Å². The molecule has 0 radical (unpaired) electrons. The zero-order valence-corrected chi connectivity index (χ0v) is 15.5. The lowest BCUT2D eigenvalue weighted by Crippen LogP contribution is -2.61. The number of ether oxygens (including phenoxy) is 4. The Morgan fingerprint density at radius 2 is 1.00 bits per heavy atom. The molecular weight excluding hydrogens is 392 g/mol. The Hall–Kier alpha value is -0.450. The summed E-state index contributed by atoms with van der Waals surface area (Å²) < 4.78 is 44.9. The SMILES string of the molecule is CO[C@H]1O[C@H](CS(=O)(=O)C[C@H]2O[C@H](OC)[C@H](O)[C@@H](O)[C@@H]2O)[C@@H](O)[C@H](O)[C@H]1O. The molecule has 10 atom stereocenters. The Morgan fingerprint density at radius 1 is 0.667 bits per heavy atom. The van der Waals surface area contributed by atoms with Crippen molar-refractivity contribution in [2.24, 2.45) is 0 Å². The maximum absolute atomic E-state index is 12.5. The molecule has 2 saturated heterocycles. The summed E-state index contributed by atoms with van der Waals surface area (Å²) in [6.45, 7) is 0. The summed E-state index contributed by atoms with van der Waals surface area (Å²) in [5, 5.41) is 59.0. The second kappa shape index (κ2) is 8.92. The molecule has 2 heterocycles. The normalized spacial score (nSPS) is 46.4. The average Bonchev–Trinajstić information content (AvgIpc) is 2.62. The van der Waals surface area contributed by atoms with Crippen LogP contribution in [0.25, 0.3) is 0 Å². The maximum atomic E-state index is 12.5. The molecule has 2 fully saturated rings. The number of hydrogen-bond donors (Lipinski definition) is 6. The lowest BCUT2D eigenvalue weighted by atomic mass is 10.00. The molecule has 0 saturated carbocycles. The number of aliphatic hydroxyl groups is 6. The molecule has 0 amide bonds. The van der Waals surface area contributed by atoms with Crippen molar-refractivity contribution in [1.82, 2.24) is 0 Å². The van der Waals surface area contributed by atoms with E-state index in [2.05, 4.69) is 0 Å². The summed E-state index contributed by atoms with van der Waals surface area (Å²) in [5.41, 5.74) is 0. The van der Waals surface area contributed by atoms with Crippen LogP contribution in [0.15, 0.2) is 0 Å². The number of aliphatic hydroxyl groups excluding tert-OH is 6. The first-order valence-electron chi connectivity index (χ1n) is 8.17. The van der Waals surface area contributed by atoms with Crippen LogP contribution >= 0.6 is 0 Å². The van der Waals surface area contributed by atoms with E-state index in [1.165, 1.54) is 14.2 Å². The van der Waals surface area contributed by atoms with E-state index in [9.17, 15) is 39.1 Å². The van der Waals surface area contributed by atoms with E-state index in [-0.39, 0.29) is 0 Å². The highest BCUT2D eigenvalue weighted by atomic mass is 32.2. The third kappa shape index (κ3) is 4.94. The van der Waals surface area contributed by atoms with E-state index in [4.69, 9.17) is 18.9 Å². The fourth-order valence-electron chi connectivity index (χ4n) is 3.07. The molecule has 0 bridgehead atoms. The molecule has 0 spiro atoms. The molecule has 2 aliphatic heterocycles. The van der Waals surface area contributed by atoms with Gasteiger partial charge in [-0.25, -0.2) is 8.42 Å². The van der Waals surface area contributed by atoms with E-state index in [0.29, 0.717) is 0 Å². The second-order valence-corrected chi connectivity index (χ2v) is 8.73. The van der Waals surface area contributed by atoms with Gasteiger partial charge in [-0.3, -0.25) is 0 Å². The summed E-state index contributed by atoms with van der Waals surface area (Å²) in [6.07, 6.45) is -15.4. The number of methoxy groups -OCH3 is 2. The summed E-state index contributed by atoms with van der Waals surface area (Å²) in [4.78, 5) is 0. The van der Waals surface area contributed by atoms with Gasteiger partial charge in [-0.2, -0.15) is 0 Å². The van der Waals surface area contributed by atoms with Gasteiger partial charge in [0, 0.05) is 14.2 Å². The van der Waals surface area contributed by atoms with E-state index < -0.39 is 82.8 Å². The fraction of sp³-hybridized carbons (Fsp3) is 1.00. The van der Waals surface area contributed by atoms with Gasteiger partial charge in [-0.1, -0.05) is 0 Å². The molecule has 0 aromatic carbocycles. The van der Waals surface area contributed by atoms with Crippen LogP contribution in [0.2, 0.25) is 0 Å². The monoisotopic (exact) mass is 418 g/mol. The van der Waals surface area contributed by atoms with Gasteiger partial charge in [0.1, 0.15) is 48.8 Å². The van der Waals surface area contributed by atoms with Crippen LogP contribution in [0.3, 0.4) is 0 Å². The number of rotatable bonds is 6. The first-order chi connectivity index (χ1) is 12.5. The van der Waals surface area contributed by atoms with Crippen molar-refractivity contribution < 1.29 is 58.0 Å². The molecule has 0 aromatic rings. The van der Waals surface area contributed by atoms with Crippen molar-refractivity contribution in [3.05, 3.63) is 0 Å². The van der Waals surface area contributed by atoms with E-state index in [1.807, 2.05) is 0 Å². The van der Waals surface area contributed by atoms with Gasteiger partial charge in [0.15, 0.2) is 22.4 Å². The molecule has 13 heteroatoms. The highest BCUT2D eigenvalue weighted by Gasteiger charge is 2.48. The Kier molecular flexibility index (Phi) is 7.54. The topological polar surface area (TPSA) is 192 Å². The molecule has 6 N–H and O–H groups in total. The Morgan fingerprint density at radius 3 is 1.30 bits per heavy atom. The van der Waals surface area contributed by atoms with Crippen molar-refractivity contribution in [3.63, 3.8) is 0 Å². The highest BCUT2D eigenvalue weighted by molar-refractivity contribution is 7.91. The first-order valence-corrected chi connectivity index (χ1v) is 10.00. The predicted octanol–water partition coefficient (Wildman–Crippen LogP) is -4.69. The summed E-state index contributed by atoms with van der Waals surface area (Å²) in [5.74, 6) is -1.55. The Labute approximate surface area is 155 Å².